The van der Waals surface area contributed by atoms with Crippen molar-refractivity contribution in [2.45, 2.75) is 6.92 Å². The number of halogens is 1. The summed E-state index contributed by atoms with van der Waals surface area (Å²) in [6.45, 7) is 1.75. The highest BCUT2D eigenvalue weighted by molar-refractivity contribution is 6.33. The van der Waals surface area contributed by atoms with Gasteiger partial charge in [0, 0.05) is 5.56 Å². The van der Waals surface area contributed by atoms with E-state index in [-0.39, 0.29) is 5.89 Å². The smallest absolute Gasteiger partial charge is 0.260 e. The summed E-state index contributed by atoms with van der Waals surface area (Å²) in [7, 11) is 0. The van der Waals surface area contributed by atoms with E-state index in [1.807, 2.05) is 18.2 Å². The van der Waals surface area contributed by atoms with E-state index in [1.165, 1.54) is 0 Å². The molecule has 0 aliphatic rings. The SMILES string of the molecule is Cc1oc(C=O)nc1-c1ccccc1Cl. The first kappa shape index (κ1) is 9.93. The maximum Gasteiger partial charge on any atom is 0.260 e. The van der Waals surface area contributed by atoms with Crippen LogP contribution in [0.5, 0.6) is 0 Å². The Morgan fingerprint density at radius 2 is 2.13 bits per heavy atom. The minimum atomic E-state index is 0.0717. The average Bonchev–Trinajstić information content (AvgIpc) is 2.60. The van der Waals surface area contributed by atoms with Gasteiger partial charge in [-0.1, -0.05) is 29.8 Å². The number of nitrogens with zero attached hydrogens (tertiary/aromatic N) is 1. The number of aromatic nitrogens is 1. The summed E-state index contributed by atoms with van der Waals surface area (Å²) < 4.78 is 5.14. The van der Waals surface area contributed by atoms with Crippen molar-refractivity contribution in [3.63, 3.8) is 0 Å². The molecule has 1 aromatic carbocycles. The van der Waals surface area contributed by atoms with Crippen LogP contribution in [0.4, 0.5) is 0 Å². The minimum absolute atomic E-state index is 0.0717. The first-order valence-electron chi connectivity index (χ1n) is 4.40. The second kappa shape index (κ2) is 3.87. The number of hydrogen-bond acceptors (Lipinski definition) is 3. The van der Waals surface area contributed by atoms with E-state index in [9.17, 15) is 4.79 Å². The summed E-state index contributed by atoms with van der Waals surface area (Å²) in [6, 6.07) is 7.30. The van der Waals surface area contributed by atoms with Gasteiger partial charge in [0.15, 0.2) is 0 Å². The summed E-state index contributed by atoms with van der Waals surface area (Å²) in [5, 5.41) is 0.589. The van der Waals surface area contributed by atoms with Crippen molar-refractivity contribution >= 4 is 17.9 Å². The number of rotatable bonds is 2. The lowest BCUT2D eigenvalue weighted by Gasteiger charge is -1.99. The molecule has 0 aliphatic carbocycles. The molecule has 0 saturated carbocycles. The molecule has 0 N–H and O–H groups in total. The van der Waals surface area contributed by atoms with Crippen molar-refractivity contribution in [3.8, 4) is 11.3 Å². The van der Waals surface area contributed by atoms with E-state index in [4.69, 9.17) is 16.0 Å². The lowest BCUT2D eigenvalue weighted by molar-refractivity contribution is 0.109. The molecule has 2 rings (SSSR count). The number of benzene rings is 1. The van der Waals surface area contributed by atoms with Gasteiger partial charge in [0.05, 0.1) is 5.02 Å². The summed E-state index contributed by atoms with van der Waals surface area (Å²) in [4.78, 5) is 14.5. The average molecular weight is 222 g/mol. The van der Waals surface area contributed by atoms with E-state index in [2.05, 4.69) is 4.98 Å². The summed E-state index contributed by atoms with van der Waals surface area (Å²) in [5.74, 6) is 0.660. The van der Waals surface area contributed by atoms with Crippen LogP contribution >= 0.6 is 11.6 Å². The standard InChI is InChI=1S/C11H8ClNO2/c1-7-11(13-10(6-14)15-7)8-4-2-3-5-9(8)12/h2-6H,1H3. The molecule has 2 aromatic rings. The van der Waals surface area contributed by atoms with Crippen molar-refractivity contribution in [1.82, 2.24) is 4.98 Å². The van der Waals surface area contributed by atoms with Crippen LogP contribution < -0.4 is 0 Å². The van der Waals surface area contributed by atoms with Gasteiger partial charge in [0.1, 0.15) is 11.5 Å². The molecule has 0 unspecified atom stereocenters. The number of carbonyl (C=O) groups is 1. The molecule has 0 fully saturated rings. The minimum Gasteiger partial charge on any atom is -0.439 e. The highest BCUT2D eigenvalue weighted by Gasteiger charge is 2.12. The molecule has 15 heavy (non-hydrogen) atoms. The van der Waals surface area contributed by atoms with E-state index in [0.717, 1.165) is 5.56 Å². The Hall–Kier alpha value is -1.61. The molecule has 0 saturated heterocycles. The van der Waals surface area contributed by atoms with Gasteiger partial charge in [0.25, 0.3) is 5.89 Å². The highest BCUT2D eigenvalue weighted by Crippen LogP contribution is 2.29. The predicted molar refractivity (Wildman–Crippen MR) is 57.1 cm³/mol. The number of aldehydes is 1. The number of carbonyl (C=O) groups excluding carboxylic acids is 1. The molecule has 0 radical (unpaired) electrons. The molecule has 3 nitrogen and oxygen atoms in total. The summed E-state index contributed by atoms with van der Waals surface area (Å²) in [5.41, 5.74) is 1.39. The van der Waals surface area contributed by atoms with Crippen LogP contribution in [-0.2, 0) is 0 Å². The zero-order valence-corrected chi connectivity index (χ0v) is 8.78. The van der Waals surface area contributed by atoms with E-state index in [0.29, 0.717) is 22.8 Å². The van der Waals surface area contributed by atoms with Gasteiger partial charge in [0.2, 0.25) is 6.29 Å². The second-order valence-electron chi connectivity index (χ2n) is 3.05. The Bertz CT molecular complexity index is 505. The van der Waals surface area contributed by atoms with Crippen molar-refractivity contribution in [1.29, 1.82) is 0 Å². The Labute approximate surface area is 91.7 Å². The largest absolute Gasteiger partial charge is 0.439 e. The van der Waals surface area contributed by atoms with Crippen LogP contribution in [0.1, 0.15) is 16.4 Å². The molecule has 1 aromatic heterocycles. The molecule has 0 atom stereocenters. The van der Waals surface area contributed by atoms with Gasteiger partial charge in [-0.05, 0) is 13.0 Å². The molecule has 0 aliphatic heterocycles. The van der Waals surface area contributed by atoms with Gasteiger partial charge in [-0.15, -0.1) is 0 Å². The normalized spacial score (nSPS) is 10.3. The quantitative estimate of drug-likeness (QED) is 0.732. The van der Waals surface area contributed by atoms with Gasteiger partial charge in [-0.2, -0.15) is 0 Å². The van der Waals surface area contributed by atoms with Gasteiger partial charge in [-0.3, -0.25) is 4.79 Å². The monoisotopic (exact) mass is 221 g/mol. The molecular formula is C11H8ClNO2. The summed E-state index contributed by atoms with van der Waals surface area (Å²) >= 11 is 6.01. The Morgan fingerprint density at radius 1 is 1.40 bits per heavy atom. The van der Waals surface area contributed by atoms with E-state index in [1.54, 1.807) is 13.0 Å². The van der Waals surface area contributed by atoms with Crippen LogP contribution in [0, 0.1) is 6.92 Å². The van der Waals surface area contributed by atoms with Crippen molar-refractivity contribution < 1.29 is 9.21 Å². The molecule has 4 heteroatoms. The predicted octanol–water partition coefficient (Wildman–Crippen LogP) is 3.12. The third-order valence-electron chi connectivity index (χ3n) is 2.04. The maximum atomic E-state index is 10.5. The maximum absolute atomic E-state index is 10.5. The molecule has 0 spiro atoms. The van der Waals surface area contributed by atoms with Gasteiger partial charge < -0.3 is 4.42 Å². The Balaban J connectivity index is 2.58. The second-order valence-corrected chi connectivity index (χ2v) is 3.46. The van der Waals surface area contributed by atoms with Crippen LogP contribution in [0.3, 0.4) is 0 Å². The van der Waals surface area contributed by atoms with E-state index >= 15 is 0 Å². The fourth-order valence-electron chi connectivity index (χ4n) is 1.37. The first-order chi connectivity index (χ1) is 7.22. The van der Waals surface area contributed by atoms with Crippen LogP contribution in [0.15, 0.2) is 28.7 Å². The Morgan fingerprint density at radius 3 is 2.73 bits per heavy atom. The Kier molecular flexibility index (Phi) is 2.56. The molecule has 1 heterocycles. The van der Waals surface area contributed by atoms with Crippen LogP contribution in [-0.4, -0.2) is 11.3 Å². The molecular weight excluding hydrogens is 214 g/mol. The third-order valence-corrected chi connectivity index (χ3v) is 2.37. The fraction of sp³-hybridized carbons (Fsp3) is 0.0909. The van der Waals surface area contributed by atoms with Gasteiger partial charge in [-0.25, -0.2) is 4.98 Å². The zero-order chi connectivity index (χ0) is 10.8. The van der Waals surface area contributed by atoms with Crippen LogP contribution in [0.25, 0.3) is 11.3 Å². The van der Waals surface area contributed by atoms with Gasteiger partial charge >= 0.3 is 0 Å². The third kappa shape index (κ3) is 1.78. The van der Waals surface area contributed by atoms with Crippen molar-refractivity contribution in [2.75, 3.05) is 0 Å². The first-order valence-corrected chi connectivity index (χ1v) is 4.77. The zero-order valence-electron chi connectivity index (χ0n) is 8.03. The number of aryl methyl sites for hydroxylation is 1. The van der Waals surface area contributed by atoms with Crippen molar-refractivity contribution in [3.05, 3.63) is 40.9 Å². The lowest BCUT2D eigenvalue weighted by Crippen LogP contribution is -1.83. The summed E-state index contributed by atoms with van der Waals surface area (Å²) in [6.07, 6.45) is 0.577. The number of hydrogen-bond donors (Lipinski definition) is 0. The topological polar surface area (TPSA) is 43.1 Å². The lowest BCUT2D eigenvalue weighted by atomic mass is 10.1. The molecule has 0 bridgehead atoms. The fourth-order valence-corrected chi connectivity index (χ4v) is 1.60. The highest BCUT2D eigenvalue weighted by atomic mass is 35.5. The van der Waals surface area contributed by atoms with E-state index < -0.39 is 0 Å². The van der Waals surface area contributed by atoms with Crippen molar-refractivity contribution in [2.24, 2.45) is 0 Å². The molecule has 0 amide bonds. The molecule has 76 valence electrons. The van der Waals surface area contributed by atoms with Crippen LogP contribution in [0.2, 0.25) is 5.02 Å². The number of oxazole rings is 1.